The van der Waals surface area contributed by atoms with Crippen molar-refractivity contribution in [2.75, 3.05) is 4.90 Å². The van der Waals surface area contributed by atoms with Gasteiger partial charge in [0.15, 0.2) is 11.2 Å². The Balaban J connectivity index is 1.26. The summed E-state index contributed by atoms with van der Waals surface area (Å²) in [5.74, 6) is 0. The maximum Gasteiger partial charge on any atom is 0.161 e. The molecule has 0 saturated heterocycles. The average molecular weight is 565 g/mol. The van der Waals surface area contributed by atoms with Crippen LogP contribution in [0.25, 0.3) is 55.4 Å². The van der Waals surface area contributed by atoms with Crippen molar-refractivity contribution < 1.29 is 4.42 Å². The third-order valence-corrected chi connectivity index (χ3v) is 8.15. The van der Waals surface area contributed by atoms with Gasteiger partial charge in [-0.1, -0.05) is 115 Å². The summed E-state index contributed by atoms with van der Waals surface area (Å²) in [6.07, 6.45) is 1.82. The van der Waals surface area contributed by atoms with Gasteiger partial charge in [0, 0.05) is 23.0 Å². The molecule has 3 nitrogen and oxygen atoms in total. The first-order chi connectivity index (χ1) is 21.8. The van der Waals surface area contributed by atoms with Crippen molar-refractivity contribution in [3.05, 3.63) is 170 Å². The number of anilines is 3. The van der Waals surface area contributed by atoms with Crippen LogP contribution in [-0.2, 0) is 0 Å². The summed E-state index contributed by atoms with van der Waals surface area (Å²) >= 11 is 0. The Morgan fingerprint density at radius 1 is 0.432 bits per heavy atom. The average Bonchev–Trinajstić information content (AvgIpc) is 3.49. The molecule has 8 rings (SSSR count). The molecule has 0 bridgehead atoms. The third kappa shape index (κ3) is 4.61. The molecule has 0 amide bonds. The molecule has 6 aromatic carbocycles. The summed E-state index contributed by atoms with van der Waals surface area (Å²) < 4.78 is 6.45. The molecule has 8 aromatic rings. The summed E-state index contributed by atoms with van der Waals surface area (Å²) in [5.41, 5.74) is 12.7. The first-order valence-electron chi connectivity index (χ1n) is 14.8. The van der Waals surface area contributed by atoms with Crippen LogP contribution in [-0.4, -0.2) is 4.98 Å². The second-order valence-electron chi connectivity index (χ2n) is 10.8. The smallest absolute Gasteiger partial charge is 0.161 e. The molecule has 2 aromatic heterocycles. The van der Waals surface area contributed by atoms with Crippen LogP contribution >= 0.6 is 0 Å². The van der Waals surface area contributed by atoms with Crippen LogP contribution in [0.1, 0.15) is 0 Å². The normalized spacial score (nSPS) is 11.2. The monoisotopic (exact) mass is 564 g/mol. The second kappa shape index (κ2) is 11.0. The zero-order valence-corrected chi connectivity index (χ0v) is 24.0. The standard InChI is InChI=1S/C41H28N2O/c1-3-11-29(12-4-1)30-20-24-33(25-21-30)43(38-18-9-17-37-40-39(44-41(37)38)19-10-28-42-40)34-26-22-32(23-27-34)36-16-8-7-15-35(36)31-13-5-2-6-14-31/h1-28H. The third-order valence-electron chi connectivity index (χ3n) is 8.15. The summed E-state index contributed by atoms with van der Waals surface area (Å²) in [5, 5.41) is 0.998. The molecular formula is C41H28N2O. The number of aromatic nitrogens is 1. The highest BCUT2D eigenvalue weighted by molar-refractivity contribution is 6.08. The Morgan fingerprint density at radius 3 is 1.64 bits per heavy atom. The van der Waals surface area contributed by atoms with Crippen molar-refractivity contribution in [1.82, 2.24) is 4.98 Å². The summed E-state index contributed by atoms with van der Waals surface area (Å²) in [4.78, 5) is 6.90. The van der Waals surface area contributed by atoms with E-state index in [0.717, 1.165) is 39.1 Å². The largest absolute Gasteiger partial charge is 0.452 e. The molecule has 44 heavy (non-hydrogen) atoms. The molecule has 0 spiro atoms. The number of para-hydroxylation sites is 1. The highest BCUT2D eigenvalue weighted by Gasteiger charge is 2.20. The molecular weight excluding hydrogens is 536 g/mol. The lowest BCUT2D eigenvalue weighted by Crippen LogP contribution is -2.10. The maximum atomic E-state index is 6.45. The molecule has 0 aliphatic rings. The zero-order valence-electron chi connectivity index (χ0n) is 24.0. The Labute approximate surface area is 256 Å². The number of nitrogens with zero attached hydrogens (tertiary/aromatic N) is 2. The number of hydrogen-bond acceptors (Lipinski definition) is 3. The van der Waals surface area contributed by atoms with Gasteiger partial charge in [-0.25, -0.2) is 0 Å². The first-order valence-corrected chi connectivity index (χ1v) is 14.8. The van der Waals surface area contributed by atoms with Crippen LogP contribution in [0.5, 0.6) is 0 Å². The minimum absolute atomic E-state index is 0.780. The number of fused-ring (bicyclic) bond motifs is 3. The fourth-order valence-electron chi connectivity index (χ4n) is 6.03. The van der Waals surface area contributed by atoms with Gasteiger partial charge in [0.1, 0.15) is 5.52 Å². The first kappa shape index (κ1) is 25.8. The van der Waals surface area contributed by atoms with E-state index in [4.69, 9.17) is 4.42 Å². The molecule has 0 N–H and O–H groups in total. The van der Waals surface area contributed by atoms with Gasteiger partial charge in [-0.2, -0.15) is 0 Å². The van der Waals surface area contributed by atoms with E-state index in [0.29, 0.717) is 0 Å². The van der Waals surface area contributed by atoms with Crippen LogP contribution in [0, 0.1) is 0 Å². The summed E-state index contributed by atoms with van der Waals surface area (Å²) in [7, 11) is 0. The number of hydrogen-bond donors (Lipinski definition) is 0. The predicted molar refractivity (Wildman–Crippen MR) is 183 cm³/mol. The van der Waals surface area contributed by atoms with Gasteiger partial charge in [0.05, 0.1) is 5.69 Å². The number of rotatable bonds is 6. The lowest BCUT2D eigenvalue weighted by Gasteiger charge is -2.26. The highest BCUT2D eigenvalue weighted by atomic mass is 16.3. The minimum Gasteiger partial charge on any atom is -0.452 e. The predicted octanol–water partition coefficient (Wildman–Crippen LogP) is 11.5. The van der Waals surface area contributed by atoms with E-state index in [1.54, 1.807) is 0 Å². The Morgan fingerprint density at radius 2 is 0.977 bits per heavy atom. The topological polar surface area (TPSA) is 29.3 Å². The van der Waals surface area contributed by atoms with Crippen molar-refractivity contribution in [2.24, 2.45) is 0 Å². The fourth-order valence-corrected chi connectivity index (χ4v) is 6.03. The molecule has 0 radical (unpaired) electrons. The van der Waals surface area contributed by atoms with E-state index in [1.165, 1.54) is 33.4 Å². The number of furan rings is 1. The number of pyridine rings is 1. The van der Waals surface area contributed by atoms with Gasteiger partial charge in [-0.15, -0.1) is 0 Å². The Hall–Kier alpha value is -5.93. The lowest BCUT2D eigenvalue weighted by atomic mass is 9.94. The van der Waals surface area contributed by atoms with Crippen LogP contribution in [0.3, 0.4) is 0 Å². The fraction of sp³-hybridized carbons (Fsp3) is 0. The molecule has 3 heteroatoms. The molecule has 0 unspecified atom stereocenters. The van der Waals surface area contributed by atoms with Crippen molar-refractivity contribution in [3.63, 3.8) is 0 Å². The Kier molecular flexibility index (Phi) is 6.47. The SMILES string of the molecule is c1ccc(-c2ccc(N(c3ccc(-c4ccccc4-c4ccccc4)cc3)c3cccc4c3oc3cccnc34)cc2)cc1. The van der Waals surface area contributed by atoms with E-state index in [-0.39, 0.29) is 0 Å². The van der Waals surface area contributed by atoms with Crippen molar-refractivity contribution >= 4 is 39.1 Å². The van der Waals surface area contributed by atoms with Crippen molar-refractivity contribution in [2.45, 2.75) is 0 Å². The van der Waals surface area contributed by atoms with Crippen LogP contribution in [0.15, 0.2) is 174 Å². The molecule has 0 aliphatic heterocycles. The molecule has 208 valence electrons. The quantitative estimate of drug-likeness (QED) is 0.201. The maximum absolute atomic E-state index is 6.45. The van der Waals surface area contributed by atoms with E-state index in [2.05, 4.69) is 155 Å². The molecule has 0 fully saturated rings. The Bertz CT molecular complexity index is 2200. The minimum atomic E-state index is 0.780. The van der Waals surface area contributed by atoms with Gasteiger partial charge in [-0.3, -0.25) is 4.98 Å². The van der Waals surface area contributed by atoms with E-state index < -0.39 is 0 Å². The van der Waals surface area contributed by atoms with Gasteiger partial charge >= 0.3 is 0 Å². The van der Waals surface area contributed by atoms with Crippen molar-refractivity contribution in [1.29, 1.82) is 0 Å². The summed E-state index contributed by atoms with van der Waals surface area (Å²) in [6.45, 7) is 0. The summed E-state index contributed by atoms with van der Waals surface area (Å²) in [6, 6.07) is 57.3. The van der Waals surface area contributed by atoms with E-state index in [1.807, 2.05) is 24.4 Å². The number of benzene rings is 6. The van der Waals surface area contributed by atoms with Crippen LogP contribution < -0.4 is 4.90 Å². The molecule has 0 aliphatic carbocycles. The second-order valence-corrected chi connectivity index (χ2v) is 10.8. The van der Waals surface area contributed by atoms with Crippen LogP contribution in [0.4, 0.5) is 17.1 Å². The molecule has 0 atom stereocenters. The van der Waals surface area contributed by atoms with Gasteiger partial charge < -0.3 is 9.32 Å². The molecule has 0 saturated carbocycles. The van der Waals surface area contributed by atoms with E-state index in [9.17, 15) is 0 Å². The van der Waals surface area contributed by atoms with Crippen molar-refractivity contribution in [3.8, 4) is 33.4 Å². The van der Waals surface area contributed by atoms with Gasteiger partial charge in [0.25, 0.3) is 0 Å². The highest BCUT2D eigenvalue weighted by Crippen LogP contribution is 2.43. The zero-order chi connectivity index (χ0) is 29.3. The van der Waals surface area contributed by atoms with Gasteiger partial charge in [-0.05, 0) is 81.9 Å². The van der Waals surface area contributed by atoms with Crippen LogP contribution in [0.2, 0.25) is 0 Å². The lowest BCUT2D eigenvalue weighted by molar-refractivity contribution is 0.668. The van der Waals surface area contributed by atoms with Gasteiger partial charge in [0.2, 0.25) is 0 Å². The van der Waals surface area contributed by atoms with E-state index >= 15 is 0 Å². The molecule has 2 heterocycles.